The summed E-state index contributed by atoms with van der Waals surface area (Å²) in [6.07, 6.45) is 0. The van der Waals surface area contributed by atoms with Crippen molar-refractivity contribution in [3.05, 3.63) is 70.5 Å². The predicted molar refractivity (Wildman–Crippen MR) is 128 cm³/mol. The molecule has 1 unspecified atom stereocenters. The Balaban J connectivity index is 1.67. The molecule has 0 radical (unpaired) electrons. The summed E-state index contributed by atoms with van der Waals surface area (Å²) in [5.41, 5.74) is 2.18. The zero-order valence-corrected chi connectivity index (χ0v) is 20.0. The van der Waals surface area contributed by atoms with Crippen molar-refractivity contribution >= 4 is 40.9 Å². The third-order valence-corrected chi connectivity index (χ3v) is 6.19. The second-order valence-corrected chi connectivity index (χ2v) is 9.14. The maximum absolute atomic E-state index is 12.8. The van der Waals surface area contributed by atoms with E-state index in [1.54, 1.807) is 30.3 Å². The second kappa shape index (κ2) is 10.7. The Bertz CT molecular complexity index is 1120. The average molecular weight is 472 g/mol. The monoisotopic (exact) mass is 471 g/mol. The van der Waals surface area contributed by atoms with Crippen molar-refractivity contribution in [1.82, 2.24) is 20.1 Å². The standard InChI is InChI=1S/C23H26ClN5O2S/c1-14(2)20(26-22(31)18-11-6-5-8-15(18)3)21-27-28-23(29(21)4)32-13-19(30)25-17-10-7-9-16(24)12-17/h5-12,14,20H,13H2,1-4H3,(H,25,30)(H,26,31). The molecule has 0 aliphatic rings. The summed E-state index contributed by atoms with van der Waals surface area (Å²) in [4.78, 5) is 25.2. The van der Waals surface area contributed by atoms with Gasteiger partial charge in [0, 0.05) is 23.3 Å². The van der Waals surface area contributed by atoms with Crippen LogP contribution in [-0.2, 0) is 11.8 Å². The molecule has 0 bridgehead atoms. The zero-order valence-electron chi connectivity index (χ0n) is 18.4. The van der Waals surface area contributed by atoms with Crippen molar-refractivity contribution in [2.75, 3.05) is 11.1 Å². The molecule has 3 rings (SSSR count). The molecule has 2 aromatic carbocycles. The van der Waals surface area contributed by atoms with Gasteiger partial charge in [-0.1, -0.05) is 61.5 Å². The topological polar surface area (TPSA) is 88.9 Å². The Kier molecular flexibility index (Phi) is 7.93. The molecule has 1 atom stereocenters. The summed E-state index contributed by atoms with van der Waals surface area (Å²) in [6.45, 7) is 5.94. The van der Waals surface area contributed by atoms with Gasteiger partial charge in [-0.25, -0.2) is 0 Å². The van der Waals surface area contributed by atoms with Crippen LogP contribution in [-0.4, -0.2) is 32.3 Å². The molecule has 0 fully saturated rings. The van der Waals surface area contributed by atoms with Gasteiger partial charge in [-0.2, -0.15) is 0 Å². The highest BCUT2D eigenvalue weighted by Gasteiger charge is 2.25. The maximum atomic E-state index is 12.8. The van der Waals surface area contributed by atoms with Gasteiger partial charge < -0.3 is 15.2 Å². The van der Waals surface area contributed by atoms with E-state index >= 15 is 0 Å². The molecule has 9 heteroatoms. The molecule has 0 saturated carbocycles. The third-order valence-electron chi connectivity index (χ3n) is 4.93. The van der Waals surface area contributed by atoms with E-state index < -0.39 is 0 Å². The molecule has 0 saturated heterocycles. The van der Waals surface area contributed by atoms with Crippen LogP contribution in [0.5, 0.6) is 0 Å². The first-order valence-electron chi connectivity index (χ1n) is 10.2. The van der Waals surface area contributed by atoms with E-state index in [-0.39, 0.29) is 29.5 Å². The number of halogens is 1. The van der Waals surface area contributed by atoms with Crippen LogP contribution < -0.4 is 10.6 Å². The molecule has 3 aromatic rings. The average Bonchev–Trinajstić information content (AvgIpc) is 3.10. The van der Waals surface area contributed by atoms with Crippen LogP contribution in [0.4, 0.5) is 5.69 Å². The number of aryl methyl sites for hydroxylation is 1. The van der Waals surface area contributed by atoms with E-state index in [0.717, 1.165) is 5.56 Å². The van der Waals surface area contributed by atoms with E-state index in [1.165, 1.54) is 11.8 Å². The van der Waals surface area contributed by atoms with Crippen LogP contribution in [0.1, 0.15) is 41.6 Å². The SMILES string of the molecule is Cc1ccccc1C(=O)NC(c1nnc(SCC(=O)Nc2cccc(Cl)c2)n1C)C(C)C. The third kappa shape index (κ3) is 5.89. The highest BCUT2D eigenvalue weighted by atomic mass is 35.5. The highest BCUT2D eigenvalue weighted by molar-refractivity contribution is 7.99. The van der Waals surface area contributed by atoms with Crippen molar-refractivity contribution < 1.29 is 9.59 Å². The van der Waals surface area contributed by atoms with Gasteiger partial charge in [0.1, 0.15) is 0 Å². The van der Waals surface area contributed by atoms with Gasteiger partial charge >= 0.3 is 0 Å². The van der Waals surface area contributed by atoms with Crippen LogP contribution in [0, 0.1) is 12.8 Å². The Labute approximate surface area is 197 Å². The number of hydrogen-bond acceptors (Lipinski definition) is 5. The van der Waals surface area contributed by atoms with E-state index in [1.807, 2.05) is 50.6 Å². The summed E-state index contributed by atoms with van der Waals surface area (Å²) in [6, 6.07) is 14.1. The van der Waals surface area contributed by atoms with Gasteiger partial charge in [0.15, 0.2) is 11.0 Å². The number of benzene rings is 2. The van der Waals surface area contributed by atoms with Crippen molar-refractivity contribution in [3.63, 3.8) is 0 Å². The first kappa shape index (κ1) is 23.8. The number of carbonyl (C=O) groups is 2. The van der Waals surface area contributed by atoms with Crippen LogP contribution in [0.2, 0.25) is 5.02 Å². The normalized spacial score (nSPS) is 11.9. The first-order chi connectivity index (χ1) is 15.3. The lowest BCUT2D eigenvalue weighted by Crippen LogP contribution is -2.34. The molecule has 2 amide bonds. The van der Waals surface area contributed by atoms with Gasteiger partial charge in [0.05, 0.1) is 11.8 Å². The molecule has 0 spiro atoms. The number of anilines is 1. The van der Waals surface area contributed by atoms with E-state index in [4.69, 9.17) is 11.6 Å². The lowest BCUT2D eigenvalue weighted by atomic mass is 10.0. The maximum Gasteiger partial charge on any atom is 0.252 e. The van der Waals surface area contributed by atoms with Crippen molar-refractivity contribution in [3.8, 4) is 0 Å². The lowest BCUT2D eigenvalue weighted by Gasteiger charge is -2.22. The van der Waals surface area contributed by atoms with E-state index in [9.17, 15) is 9.59 Å². The number of nitrogens with zero attached hydrogens (tertiary/aromatic N) is 3. The quantitative estimate of drug-likeness (QED) is 0.467. The number of hydrogen-bond donors (Lipinski definition) is 2. The van der Waals surface area contributed by atoms with Gasteiger partial charge in [0.25, 0.3) is 5.91 Å². The minimum atomic E-state index is -0.325. The molecular formula is C23H26ClN5O2S. The second-order valence-electron chi connectivity index (χ2n) is 7.76. The largest absolute Gasteiger partial charge is 0.342 e. The molecule has 7 nitrogen and oxygen atoms in total. The van der Waals surface area contributed by atoms with Crippen molar-refractivity contribution in [1.29, 1.82) is 0 Å². The molecule has 0 aliphatic carbocycles. The predicted octanol–water partition coefficient (Wildman–Crippen LogP) is 4.63. The molecule has 32 heavy (non-hydrogen) atoms. The fraction of sp³-hybridized carbons (Fsp3) is 0.304. The summed E-state index contributed by atoms with van der Waals surface area (Å²) >= 11 is 7.23. The van der Waals surface area contributed by atoms with Crippen LogP contribution in [0.3, 0.4) is 0 Å². The Hall–Kier alpha value is -2.84. The molecule has 0 aliphatic heterocycles. The van der Waals surface area contributed by atoms with Crippen molar-refractivity contribution in [2.24, 2.45) is 13.0 Å². The van der Waals surface area contributed by atoms with Gasteiger partial charge in [0.2, 0.25) is 5.91 Å². The lowest BCUT2D eigenvalue weighted by molar-refractivity contribution is -0.113. The molecule has 168 valence electrons. The van der Waals surface area contributed by atoms with Crippen LogP contribution in [0.15, 0.2) is 53.7 Å². The zero-order chi connectivity index (χ0) is 23.3. The number of amides is 2. The van der Waals surface area contributed by atoms with E-state index in [0.29, 0.717) is 27.3 Å². The Morgan fingerprint density at radius 3 is 2.56 bits per heavy atom. The minimum Gasteiger partial charge on any atom is -0.342 e. The van der Waals surface area contributed by atoms with Gasteiger partial charge in [-0.3, -0.25) is 9.59 Å². The first-order valence-corrected chi connectivity index (χ1v) is 11.6. The Morgan fingerprint density at radius 1 is 1.12 bits per heavy atom. The van der Waals surface area contributed by atoms with E-state index in [2.05, 4.69) is 20.8 Å². The fourth-order valence-electron chi connectivity index (χ4n) is 3.19. The number of rotatable bonds is 8. The summed E-state index contributed by atoms with van der Waals surface area (Å²) in [5, 5.41) is 15.6. The number of aromatic nitrogens is 3. The molecule has 2 N–H and O–H groups in total. The highest BCUT2D eigenvalue weighted by Crippen LogP contribution is 2.25. The minimum absolute atomic E-state index is 0.0925. The smallest absolute Gasteiger partial charge is 0.252 e. The fourth-order valence-corrected chi connectivity index (χ4v) is 4.10. The number of carbonyl (C=O) groups excluding carboxylic acids is 2. The number of nitrogens with one attached hydrogen (secondary N) is 2. The molecular weight excluding hydrogens is 446 g/mol. The van der Waals surface area contributed by atoms with Crippen LogP contribution in [0.25, 0.3) is 0 Å². The van der Waals surface area contributed by atoms with Gasteiger partial charge in [-0.15, -0.1) is 10.2 Å². The number of thioether (sulfide) groups is 1. The summed E-state index contributed by atoms with van der Waals surface area (Å²) in [5.74, 6) is 0.574. The molecule has 1 heterocycles. The van der Waals surface area contributed by atoms with Crippen molar-refractivity contribution in [2.45, 2.75) is 32.0 Å². The van der Waals surface area contributed by atoms with Crippen LogP contribution >= 0.6 is 23.4 Å². The molecule has 1 aromatic heterocycles. The summed E-state index contributed by atoms with van der Waals surface area (Å²) in [7, 11) is 1.84. The summed E-state index contributed by atoms with van der Waals surface area (Å²) < 4.78 is 1.82. The van der Waals surface area contributed by atoms with Gasteiger partial charge in [-0.05, 0) is 42.7 Å². The Morgan fingerprint density at radius 2 is 1.88 bits per heavy atom.